The van der Waals surface area contributed by atoms with E-state index in [-0.39, 0.29) is 12.1 Å². The molecular weight excluding hydrogens is 334 g/mol. The molecule has 2 aromatic rings. The van der Waals surface area contributed by atoms with Gasteiger partial charge in [-0.1, -0.05) is 13.8 Å². The van der Waals surface area contributed by atoms with E-state index in [2.05, 4.69) is 60.4 Å². The number of aromatic nitrogens is 2. The second-order valence-electron chi connectivity index (χ2n) is 5.11. The van der Waals surface area contributed by atoms with Gasteiger partial charge in [-0.3, -0.25) is 4.68 Å². The van der Waals surface area contributed by atoms with Crippen LogP contribution < -0.4 is 5.73 Å². The van der Waals surface area contributed by atoms with Gasteiger partial charge in [0.15, 0.2) is 0 Å². The van der Waals surface area contributed by atoms with Crippen LogP contribution in [-0.2, 0) is 6.42 Å². The predicted molar refractivity (Wildman–Crippen MR) is 89.5 cm³/mol. The topological polar surface area (TPSA) is 43.8 Å². The van der Waals surface area contributed by atoms with Gasteiger partial charge in [-0.25, -0.2) is 0 Å². The first-order chi connectivity index (χ1) is 9.49. The molecule has 0 aliphatic carbocycles. The number of nitrogens with zero attached hydrogens (tertiary/aromatic N) is 2. The van der Waals surface area contributed by atoms with E-state index < -0.39 is 0 Å². The second-order valence-corrected chi connectivity index (χ2v) is 7.60. The van der Waals surface area contributed by atoms with Gasteiger partial charge < -0.3 is 5.73 Å². The summed E-state index contributed by atoms with van der Waals surface area (Å²) < 4.78 is 3.26. The van der Waals surface area contributed by atoms with Gasteiger partial charge in [0, 0.05) is 16.6 Å². The Kier molecular flexibility index (Phi) is 5.04. The van der Waals surface area contributed by atoms with Gasteiger partial charge in [-0.2, -0.15) is 5.10 Å². The van der Waals surface area contributed by atoms with E-state index in [9.17, 15) is 0 Å². The minimum atomic E-state index is 0.0725. The van der Waals surface area contributed by atoms with Crippen molar-refractivity contribution in [2.24, 2.45) is 5.73 Å². The van der Waals surface area contributed by atoms with Crippen molar-refractivity contribution in [1.82, 2.24) is 9.78 Å². The van der Waals surface area contributed by atoms with Crippen molar-refractivity contribution >= 4 is 27.3 Å². The molecular formula is C15H22BrN3S. The molecule has 20 heavy (non-hydrogen) atoms. The minimum Gasteiger partial charge on any atom is -0.326 e. The molecule has 0 aromatic carbocycles. The summed E-state index contributed by atoms with van der Waals surface area (Å²) in [5.74, 6) is 0. The average Bonchev–Trinajstić information content (AvgIpc) is 2.95. The van der Waals surface area contributed by atoms with Crippen LogP contribution in [0.3, 0.4) is 0 Å². The molecule has 0 bridgehead atoms. The molecule has 0 saturated carbocycles. The zero-order valence-corrected chi connectivity index (χ0v) is 14.9. The van der Waals surface area contributed by atoms with Gasteiger partial charge in [0.1, 0.15) is 6.04 Å². The average molecular weight is 356 g/mol. The van der Waals surface area contributed by atoms with Crippen LogP contribution >= 0.6 is 27.3 Å². The van der Waals surface area contributed by atoms with Crippen molar-refractivity contribution in [2.75, 3.05) is 0 Å². The van der Waals surface area contributed by atoms with Crippen molar-refractivity contribution in [3.05, 3.63) is 37.7 Å². The third-order valence-corrected chi connectivity index (χ3v) is 5.55. The fourth-order valence-electron chi connectivity index (χ4n) is 2.70. The lowest BCUT2D eigenvalue weighted by molar-refractivity contribution is 0.421. The maximum Gasteiger partial charge on any atom is 0.101 e. The number of halogens is 1. The SMILES string of the molecule is CCc1c(C)nn(C(c2ccc(Br)s2)C(N)CC)c1C. The Labute approximate surface area is 133 Å². The highest BCUT2D eigenvalue weighted by Gasteiger charge is 2.26. The standard InChI is InChI=1S/C15H22BrN3S/c1-5-11-9(3)18-19(10(11)4)15(12(17)6-2)13-7-8-14(16)20-13/h7-8,12,15H,5-6,17H2,1-4H3. The van der Waals surface area contributed by atoms with E-state index in [1.807, 2.05) is 0 Å². The highest BCUT2D eigenvalue weighted by atomic mass is 79.9. The van der Waals surface area contributed by atoms with E-state index >= 15 is 0 Å². The molecule has 110 valence electrons. The van der Waals surface area contributed by atoms with Crippen LogP contribution in [0.15, 0.2) is 15.9 Å². The molecule has 0 saturated heterocycles. The monoisotopic (exact) mass is 355 g/mol. The maximum absolute atomic E-state index is 6.39. The van der Waals surface area contributed by atoms with Crippen molar-refractivity contribution < 1.29 is 0 Å². The first-order valence-corrected chi connectivity index (χ1v) is 8.65. The van der Waals surface area contributed by atoms with Crippen LogP contribution in [0.4, 0.5) is 0 Å². The lowest BCUT2D eigenvalue weighted by atomic mass is 10.0. The Morgan fingerprint density at radius 2 is 2.05 bits per heavy atom. The lowest BCUT2D eigenvalue weighted by Gasteiger charge is -2.24. The molecule has 3 nitrogen and oxygen atoms in total. The molecule has 0 fully saturated rings. The maximum atomic E-state index is 6.39. The van der Waals surface area contributed by atoms with Crippen LogP contribution in [0, 0.1) is 13.8 Å². The van der Waals surface area contributed by atoms with Gasteiger partial charge >= 0.3 is 0 Å². The first-order valence-electron chi connectivity index (χ1n) is 7.04. The van der Waals surface area contributed by atoms with Crippen molar-refractivity contribution in [2.45, 2.75) is 52.6 Å². The van der Waals surface area contributed by atoms with Gasteiger partial charge in [0.2, 0.25) is 0 Å². The normalized spacial score (nSPS) is 14.5. The summed E-state index contributed by atoms with van der Waals surface area (Å²) in [5, 5.41) is 4.76. The van der Waals surface area contributed by atoms with E-state index in [1.165, 1.54) is 16.1 Å². The quantitative estimate of drug-likeness (QED) is 0.872. The van der Waals surface area contributed by atoms with Crippen LogP contribution in [0.1, 0.15) is 48.1 Å². The number of hydrogen-bond acceptors (Lipinski definition) is 3. The van der Waals surface area contributed by atoms with Crippen molar-refractivity contribution in [3.63, 3.8) is 0 Å². The molecule has 2 unspecified atom stereocenters. The van der Waals surface area contributed by atoms with E-state index in [1.54, 1.807) is 11.3 Å². The van der Waals surface area contributed by atoms with E-state index in [0.29, 0.717) is 0 Å². The van der Waals surface area contributed by atoms with Gasteiger partial charge in [-0.15, -0.1) is 11.3 Å². The molecule has 2 atom stereocenters. The Morgan fingerprint density at radius 3 is 2.50 bits per heavy atom. The molecule has 0 aliphatic rings. The largest absolute Gasteiger partial charge is 0.326 e. The smallest absolute Gasteiger partial charge is 0.101 e. The number of aryl methyl sites for hydroxylation is 1. The molecule has 0 aliphatic heterocycles. The summed E-state index contributed by atoms with van der Waals surface area (Å²) >= 11 is 5.29. The van der Waals surface area contributed by atoms with Crippen molar-refractivity contribution in [3.8, 4) is 0 Å². The molecule has 0 spiro atoms. The van der Waals surface area contributed by atoms with Crippen molar-refractivity contribution in [1.29, 1.82) is 0 Å². The van der Waals surface area contributed by atoms with Crippen LogP contribution in [0.5, 0.6) is 0 Å². The molecule has 2 aromatic heterocycles. The highest BCUT2D eigenvalue weighted by Crippen LogP contribution is 2.33. The molecule has 2 heterocycles. The third-order valence-electron chi connectivity index (χ3n) is 3.85. The first kappa shape index (κ1) is 15.7. The fraction of sp³-hybridized carbons (Fsp3) is 0.533. The zero-order valence-electron chi connectivity index (χ0n) is 12.5. The summed E-state index contributed by atoms with van der Waals surface area (Å²) in [7, 11) is 0. The molecule has 0 radical (unpaired) electrons. The van der Waals surface area contributed by atoms with Crippen LogP contribution in [-0.4, -0.2) is 15.8 Å². The van der Waals surface area contributed by atoms with E-state index in [4.69, 9.17) is 10.8 Å². The minimum absolute atomic E-state index is 0.0725. The predicted octanol–water partition coefficient (Wildman–Crippen LogP) is 4.21. The second kappa shape index (κ2) is 6.41. The Morgan fingerprint density at radius 1 is 1.35 bits per heavy atom. The van der Waals surface area contributed by atoms with Gasteiger partial charge in [0.05, 0.1) is 9.48 Å². The van der Waals surface area contributed by atoms with Gasteiger partial charge in [-0.05, 0) is 60.3 Å². The number of hydrogen-bond donors (Lipinski definition) is 1. The summed E-state index contributed by atoms with van der Waals surface area (Å²) in [4.78, 5) is 1.26. The zero-order chi connectivity index (χ0) is 14.9. The van der Waals surface area contributed by atoms with E-state index in [0.717, 1.165) is 22.3 Å². The summed E-state index contributed by atoms with van der Waals surface area (Å²) in [6, 6.07) is 4.43. The molecule has 5 heteroatoms. The number of rotatable bonds is 5. The Balaban J connectivity index is 2.52. The molecule has 2 rings (SSSR count). The van der Waals surface area contributed by atoms with Crippen LogP contribution in [0.2, 0.25) is 0 Å². The Bertz CT molecular complexity index is 588. The molecule has 2 N–H and O–H groups in total. The fourth-order valence-corrected chi connectivity index (χ4v) is 4.29. The van der Waals surface area contributed by atoms with Crippen LogP contribution in [0.25, 0.3) is 0 Å². The number of thiophene rings is 1. The summed E-state index contributed by atoms with van der Waals surface area (Å²) in [6.45, 7) is 8.54. The lowest BCUT2D eigenvalue weighted by Crippen LogP contribution is -2.33. The summed E-state index contributed by atoms with van der Waals surface area (Å²) in [6.07, 6.45) is 1.94. The van der Waals surface area contributed by atoms with Gasteiger partial charge in [0.25, 0.3) is 0 Å². The summed E-state index contributed by atoms with van der Waals surface area (Å²) in [5.41, 5.74) is 10.1. The Hall–Kier alpha value is -0.650. The highest BCUT2D eigenvalue weighted by molar-refractivity contribution is 9.11. The number of nitrogens with two attached hydrogens (primary N) is 1. The third kappa shape index (κ3) is 2.85. The molecule has 0 amide bonds.